The van der Waals surface area contributed by atoms with Crippen LogP contribution in [0.1, 0.15) is 104 Å². The monoisotopic (exact) mass is 588 g/mol. The fourth-order valence-corrected chi connectivity index (χ4v) is 11.7. The predicted octanol–water partition coefficient (Wildman–Crippen LogP) is 8.86. The molecule has 1 N–H and O–H groups in total. The predicted molar refractivity (Wildman–Crippen MR) is 170 cm³/mol. The summed E-state index contributed by atoms with van der Waals surface area (Å²) in [7, 11) is -4.56. The van der Waals surface area contributed by atoms with Crippen molar-refractivity contribution in [3.8, 4) is 22.6 Å². The molecule has 0 amide bonds. The van der Waals surface area contributed by atoms with Crippen molar-refractivity contribution in [1.29, 1.82) is 0 Å². The molecule has 2 aromatic carbocycles. The third-order valence-electron chi connectivity index (χ3n) is 8.10. The standard InChI is InChI=1S/C33H50O5P2/c1-7-36-40(34,35)30-22-25(6)32(37-23(2)3)31(33(30)38-24(4)5)28-20-14-15-21-29(28)39(26-16-10-8-11-17-26)27-18-12-9-13-19-27/h14-15,20-24,26-27H,7-13,16-19H2,1-6H3,(H,34,35). The van der Waals surface area contributed by atoms with Crippen LogP contribution in [0.25, 0.3) is 11.1 Å². The Morgan fingerprint density at radius 3 is 1.93 bits per heavy atom. The van der Waals surface area contributed by atoms with Crippen LogP contribution in [0.15, 0.2) is 30.3 Å². The first kappa shape index (κ1) is 31.6. The minimum atomic E-state index is -4.13. The Kier molecular flexibility index (Phi) is 11.2. The van der Waals surface area contributed by atoms with Crippen molar-refractivity contribution < 1.29 is 23.5 Å². The van der Waals surface area contributed by atoms with E-state index in [-0.39, 0.29) is 24.1 Å². The summed E-state index contributed by atoms with van der Waals surface area (Å²) >= 11 is 0. The van der Waals surface area contributed by atoms with E-state index in [9.17, 15) is 9.46 Å². The van der Waals surface area contributed by atoms with E-state index < -0.39 is 15.5 Å². The third-order valence-corrected chi connectivity index (χ3v) is 13.2. The molecular formula is C33H50O5P2. The highest BCUT2D eigenvalue weighted by Gasteiger charge is 2.37. The molecule has 2 aromatic rings. The van der Waals surface area contributed by atoms with E-state index in [1.807, 2.05) is 34.6 Å². The number of rotatable bonds is 11. The molecule has 7 heteroatoms. The lowest BCUT2D eigenvalue weighted by molar-refractivity contribution is 0.230. The van der Waals surface area contributed by atoms with Crippen molar-refractivity contribution in [1.82, 2.24) is 0 Å². The lowest BCUT2D eigenvalue weighted by atomic mass is 9.99. The van der Waals surface area contributed by atoms with Crippen LogP contribution < -0.4 is 20.1 Å². The topological polar surface area (TPSA) is 65.0 Å². The van der Waals surface area contributed by atoms with Crippen LogP contribution in [0.4, 0.5) is 0 Å². The zero-order valence-corrected chi connectivity index (χ0v) is 27.2. The van der Waals surface area contributed by atoms with E-state index in [2.05, 4.69) is 24.3 Å². The molecule has 0 bridgehead atoms. The van der Waals surface area contributed by atoms with Crippen molar-refractivity contribution in [2.45, 2.75) is 129 Å². The van der Waals surface area contributed by atoms with Gasteiger partial charge in [-0.05, 0) is 101 Å². The third kappa shape index (κ3) is 7.33. The Morgan fingerprint density at radius 2 is 1.40 bits per heavy atom. The molecule has 40 heavy (non-hydrogen) atoms. The number of ether oxygens (including phenoxy) is 2. The lowest BCUT2D eigenvalue weighted by Crippen LogP contribution is -2.27. The highest BCUT2D eigenvalue weighted by atomic mass is 31.2. The summed E-state index contributed by atoms with van der Waals surface area (Å²) in [5.74, 6) is 1.16. The summed E-state index contributed by atoms with van der Waals surface area (Å²) in [6.07, 6.45) is 12.9. The van der Waals surface area contributed by atoms with Crippen LogP contribution in [0, 0.1) is 6.92 Å². The van der Waals surface area contributed by atoms with Gasteiger partial charge in [0, 0.05) is 0 Å². The molecule has 0 heterocycles. The molecule has 0 spiro atoms. The Morgan fingerprint density at radius 1 is 0.875 bits per heavy atom. The minimum Gasteiger partial charge on any atom is -0.490 e. The van der Waals surface area contributed by atoms with E-state index in [1.54, 1.807) is 13.0 Å². The average Bonchev–Trinajstić information content (AvgIpc) is 2.92. The van der Waals surface area contributed by atoms with E-state index in [0.717, 1.165) is 22.4 Å². The van der Waals surface area contributed by atoms with Gasteiger partial charge in [0.2, 0.25) is 0 Å². The summed E-state index contributed by atoms with van der Waals surface area (Å²) in [6.45, 7) is 11.8. The van der Waals surface area contributed by atoms with Crippen LogP contribution in [0.2, 0.25) is 0 Å². The van der Waals surface area contributed by atoms with Crippen molar-refractivity contribution in [2.24, 2.45) is 0 Å². The molecule has 0 radical (unpaired) electrons. The zero-order valence-electron chi connectivity index (χ0n) is 25.4. The van der Waals surface area contributed by atoms with Crippen LogP contribution >= 0.6 is 15.5 Å². The van der Waals surface area contributed by atoms with Gasteiger partial charge in [0.05, 0.1) is 24.4 Å². The second-order valence-corrected chi connectivity index (χ2v) is 16.6. The number of hydrogen-bond donors (Lipinski definition) is 1. The molecule has 2 saturated carbocycles. The molecule has 1 unspecified atom stereocenters. The van der Waals surface area contributed by atoms with Gasteiger partial charge in [-0.1, -0.05) is 70.7 Å². The first-order chi connectivity index (χ1) is 19.1. The lowest BCUT2D eigenvalue weighted by Gasteiger charge is -2.40. The fourth-order valence-electron chi connectivity index (χ4n) is 6.53. The second kappa shape index (κ2) is 14.2. The highest BCUT2D eigenvalue weighted by molar-refractivity contribution is 7.67. The van der Waals surface area contributed by atoms with Gasteiger partial charge < -0.3 is 18.9 Å². The largest absolute Gasteiger partial charge is 0.490 e. The molecule has 2 fully saturated rings. The molecule has 2 aliphatic carbocycles. The number of aryl methyl sites for hydroxylation is 1. The summed E-state index contributed by atoms with van der Waals surface area (Å²) in [5, 5.41) is 1.63. The summed E-state index contributed by atoms with van der Waals surface area (Å²) < 4.78 is 32.1. The Labute approximate surface area is 243 Å². The van der Waals surface area contributed by atoms with Crippen molar-refractivity contribution in [3.05, 3.63) is 35.9 Å². The molecule has 0 saturated heterocycles. The van der Waals surface area contributed by atoms with Crippen LogP contribution in [0.3, 0.4) is 0 Å². The van der Waals surface area contributed by atoms with Crippen molar-refractivity contribution in [2.75, 3.05) is 6.61 Å². The Bertz CT molecular complexity index is 1150. The van der Waals surface area contributed by atoms with Crippen molar-refractivity contribution in [3.63, 3.8) is 0 Å². The maximum Gasteiger partial charge on any atom is 0.362 e. The van der Waals surface area contributed by atoms with Gasteiger partial charge in [0.1, 0.15) is 16.8 Å². The molecule has 4 rings (SSSR count). The molecular weight excluding hydrogens is 538 g/mol. The highest BCUT2D eigenvalue weighted by Crippen LogP contribution is 2.58. The molecule has 222 valence electrons. The average molecular weight is 589 g/mol. The second-order valence-electron chi connectivity index (χ2n) is 12.0. The summed E-state index contributed by atoms with van der Waals surface area (Å²) in [6, 6.07) is 10.5. The van der Waals surface area contributed by atoms with Crippen LogP contribution in [-0.4, -0.2) is 35.0 Å². The maximum absolute atomic E-state index is 13.6. The Hall–Kier alpha value is -1.38. The molecule has 1 atom stereocenters. The number of hydrogen-bond acceptors (Lipinski definition) is 4. The van der Waals surface area contributed by atoms with Gasteiger partial charge in [-0.15, -0.1) is 0 Å². The SMILES string of the molecule is CCOP(=O)(O)c1cc(C)c(OC(C)C)c(-c2ccccc2P(C2CCCCC2)C2CCCCC2)c1OC(C)C. The van der Waals surface area contributed by atoms with Crippen LogP contribution in [0.5, 0.6) is 11.5 Å². The van der Waals surface area contributed by atoms with Gasteiger partial charge in [0.25, 0.3) is 0 Å². The normalized spacial score (nSPS) is 18.9. The molecule has 2 aliphatic rings. The van der Waals surface area contributed by atoms with Gasteiger partial charge in [0.15, 0.2) is 0 Å². The van der Waals surface area contributed by atoms with E-state index in [0.29, 0.717) is 17.1 Å². The summed E-state index contributed by atoms with van der Waals surface area (Å²) in [5.41, 5.74) is 4.15. The Balaban J connectivity index is 2.02. The first-order valence-corrected chi connectivity index (χ1v) is 18.6. The van der Waals surface area contributed by atoms with Gasteiger partial charge >= 0.3 is 7.60 Å². The molecule has 0 aliphatic heterocycles. The zero-order chi connectivity index (χ0) is 28.9. The quantitative estimate of drug-likeness (QED) is 0.266. The number of benzene rings is 2. The fraction of sp³-hybridized carbons (Fsp3) is 0.636. The van der Waals surface area contributed by atoms with E-state index in [4.69, 9.17) is 14.0 Å². The summed E-state index contributed by atoms with van der Waals surface area (Å²) in [4.78, 5) is 11.2. The van der Waals surface area contributed by atoms with Crippen molar-refractivity contribution >= 4 is 26.1 Å². The van der Waals surface area contributed by atoms with E-state index >= 15 is 0 Å². The smallest absolute Gasteiger partial charge is 0.362 e. The van der Waals surface area contributed by atoms with Gasteiger partial charge in [-0.2, -0.15) is 0 Å². The van der Waals surface area contributed by atoms with E-state index in [1.165, 1.54) is 69.5 Å². The first-order valence-electron chi connectivity index (χ1n) is 15.5. The molecule has 0 aromatic heterocycles. The minimum absolute atomic E-state index is 0.0617. The van der Waals surface area contributed by atoms with Gasteiger partial charge in [-0.25, -0.2) is 0 Å². The maximum atomic E-state index is 13.6. The van der Waals surface area contributed by atoms with Crippen LogP contribution in [-0.2, 0) is 9.09 Å². The van der Waals surface area contributed by atoms with Gasteiger partial charge in [-0.3, -0.25) is 4.57 Å². The molecule has 5 nitrogen and oxygen atoms in total.